The third-order valence-corrected chi connectivity index (χ3v) is 6.79. The molecule has 1 saturated heterocycles. The lowest BCUT2D eigenvalue weighted by Crippen LogP contribution is -2.44. The second kappa shape index (κ2) is 8.84. The van der Waals surface area contributed by atoms with Crippen molar-refractivity contribution in [2.45, 2.75) is 38.5 Å². The number of piperidine rings is 1. The fraction of sp³-hybridized carbons (Fsp3) is 0.458. The standard InChI is InChI=1S/C24H28BN5O2/c25-19-14-27-30-22(12-20(28-23(19)30)18-9-3-4-10-21(18)31)26-13-16-6-5-11-29(15-16)24(32)17-7-1-2-8-17/h3-4,9-10,12,14,16-17,26,31H,1-2,5-8,11,13,15H2. The molecule has 2 aliphatic rings. The van der Waals surface area contributed by atoms with Crippen LogP contribution in [0, 0.1) is 11.8 Å². The average molecular weight is 429 g/mol. The summed E-state index contributed by atoms with van der Waals surface area (Å²) in [6.07, 6.45) is 8.16. The molecule has 8 heteroatoms. The van der Waals surface area contributed by atoms with E-state index in [1.54, 1.807) is 22.8 Å². The number of aromatic nitrogens is 3. The molecule has 0 bridgehead atoms. The molecule has 1 unspecified atom stereocenters. The summed E-state index contributed by atoms with van der Waals surface area (Å²) in [6, 6.07) is 9.01. The normalized spacial score (nSPS) is 19.5. The first kappa shape index (κ1) is 20.9. The number of fused-ring (bicyclic) bond motifs is 1. The molecule has 1 amide bonds. The predicted octanol–water partition coefficient (Wildman–Crippen LogP) is 2.74. The molecule has 2 fully saturated rings. The number of nitrogens with one attached hydrogen (secondary N) is 1. The lowest BCUT2D eigenvalue weighted by atomic mass is 9.96. The smallest absolute Gasteiger partial charge is 0.225 e. The number of carbonyl (C=O) groups is 1. The quantitative estimate of drug-likeness (QED) is 0.610. The van der Waals surface area contributed by atoms with Crippen molar-refractivity contribution in [3.05, 3.63) is 36.5 Å². The van der Waals surface area contributed by atoms with Crippen LogP contribution in [0.1, 0.15) is 38.5 Å². The zero-order valence-corrected chi connectivity index (χ0v) is 18.2. The van der Waals surface area contributed by atoms with Crippen LogP contribution in [0.15, 0.2) is 36.5 Å². The summed E-state index contributed by atoms with van der Waals surface area (Å²) in [5, 5.41) is 18.2. The van der Waals surface area contributed by atoms with Gasteiger partial charge < -0.3 is 15.3 Å². The summed E-state index contributed by atoms with van der Waals surface area (Å²) in [4.78, 5) is 19.6. The highest BCUT2D eigenvalue weighted by atomic mass is 16.3. The summed E-state index contributed by atoms with van der Waals surface area (Å²) in [5.74, 6) is 1.89. The molecular weight excluding hydrogens is 401 g/mol. The van der Waals surface area contributed by atoms with E-state index in [2.05, 4.69) is 20.3 Å². The van der Waals surface area contributed by atoms with Crippen molar-refractivity contribution >= 4 is 30.7 Å². The molecule has 0 spiro atoms. The van der Waals surface area contributed by atoms with E-state index in [0.29, 0.717) is 34.2 Å². The molecule has 1 aliphatic heterocycles. The first-order chi connectivity index (χ1) is 15.6. The van der Waals surface area contributed by atoms with E-state index in [0.717, 1.165) is 51.1 Å². The van der Waals surface area contributed by atoms with Crippen LogP contribution in [0.3, 0.4) is 0 Å². The van der Waals surface area contributed by atoms with Gasteiger partial charge in [-0.2, -0.15) is 9.61 Å². The Hall–Kier alpha value is -3.03. The Morgan fingerprint density at radius 2 is 2.00 bits per heavy atom. The van der Waals surface area contributed by atoms with E-state index in [1.807, 2.05) is 18.2 Å². The van der Waals surface area contributed by atoms with Gasteiger partial charge in [0.25, 0.3) is 0 Å². The zero-order valence-electron chi connectivity index (χ0n) is 18.2. The van der Waals surface area contributed by atoms with Gasteiger partial charge >= 0.3 is 0 Å². The van der Waals surface area contributed by atoms with E-state index >= 15 is 0 Å². The van der Waals surface area contributed by atoms with Gasteiger partial charge in [-0.15, -0.1) is 0 Å². The van der Waals surface area contributed by atoms with Crippen molar-refractivity contribution in [3.8, 4) is 17.0 Å². The number of carbonyl (C=O) groups excluding carboxylic acids is 1. The van der Waals surface area contributed by atoms with E-state index in [-0.39, 0.29) is 11.7 Å². The topological polar surface area (TPSA) is 82.8 Å². The second-order valence-corrected chi connectivity index (χ2v) is 9.03. The van der Waals surface area contributed by atoms with Gasteiger partial charge in [0.05, 0.1) is 5.69 Å². The lowest BCUT2D eigenvalue weighted by Gasteiger charge is -2.34. The Bertz CT molecular complexity index is 1120. The first-order valence-electron chi connectivity index (χ1n) is 11.6. The average Bonchev–Trinajstić information content (AvgIpc) is 3.48. The Morgan fingerprint density at radius 1 is 1.19 bits per heavy atom. The third kappa shape index (κ3) is 4.06. The third-order valence-electron chi connectivity index (χ3n) is 6.79. The minimum Gasteiger partial charge on any atom is -0.507 e. The molecule has 1 aliphatic carbocycles. The molecule has 2 aromatic heterocycles. The van der Waals surface area contributed by atoms with Crippen LogP contribution in [0.5, 0.6) is 5.75 Å². The largest absolute Gasteiger partial charge is 0.507 e. The number of rotatable bonds is 5. The molecule has 1 atom stereocenters. The van der Waals surface area contributed by atoms with Crippen molar-refractivity contribution in [1.82, 2.24) is 19.5 Å². The summed E-state index contributed by atoms with van der Waals surface area (Å²) < 4.78 is 1.70. The molecule has 1 saturated carbocycles. The molecule has 3 heterocycles. The van der Waals surface area contributed by atoms with Gasteiger partial charge in [0, 0.05) is 43.4 Å². The molecular formula is C24H28BN5O2. The number of nitrogens with zero attached hydrogens (tertiary/aromatic N) is 4. The van der Waals surface area contributed by atoms with Crippen LogP contribution < -0.4 is 10.8 Å². The predicted molar refractivity (Wildman–Crippen MR) is 125 cm³/mol. The van der Waals surface area contributed by atoms with Crippen molar-refractivity contribution in [1.29, 1.82) is 0 Å². The van der Waals surface area contributed by atoms with Crippen LogP contribution in [-0.4, -0.2) is 58.0 Å². The van der Waals surface area contributed by atoms with E-state index in [9.17, 15) is 9.90 Å². The first-order valence-corrected chi connectivity index (χ1v) is 11.6. The number of hydrogen-bond donors (Lipinski definition) is 2. The monoisotopic (exact) mass is 429 g/mol. The molecule has 164 valence electrons. The Morgan fingerprint density at radius 3 is 2.81 bits per heavy atom. The molecule has 32 heavy (non-hydrogen) atoms. The van der Waals surface area contributed by atoms with Gasteiger partial charge in [-0.05, 0) is 49.2 Å². The molecule has 3 aromatic rings. The van der Waals surface area contributed by atoms with Gasteiger partial charge in [-0.3, -0.25) is 4.79 Å². The fourth-order valence-corrected chi connectivity index (χ4v) is 5.05. The van der Waals surface area contributed by atoms with Gasteiger partial charge in [0.2, 0.25) is 5.91 Å². The Balaban J connectivity index is 1.35. The van der Waals surface area contributed by atoms with Gasteiger partial charge in [0.15, 0.2) is 5.65 Å². The van der Waals surface area contributed by atoms with Crippen LogP contribution in [0.2, 0.25) is 0 Å². The van der Waals surface area contributed by atoms with Crippen molar-refractivity contribution < 1.29 is 9.90 Å². The van der Waals surface area contributed by atoms with E-state index < -0.39 is 0 Å². The molecule has 2 N–H and O–H groups in total. The van der Waals surface area contributed by atoms with Gasteiger partial charge in [-0.1, -0.05) is 25.0 Å². The number of likely N-dealkylation sites (tertiary alicyclic amines) is 1. The van der Waals surface area contributed by atoms with Crippen LogP contribution >= 0.6 is 0 Å². The van der Waals surface area contributed by atoms with Crippen LogP contribution in [-0.2, 0) is 4.79 Å². The number of aromatic hydroxyl groups is 1. The second-order valence-electron chi connectivity index (χ2n) is 9.03. The molecule has 5 rings (SSSR count). The highest BCUT2D eigenvalue weighted by Crippen LogP contribution is 2.30. The Kier molecular flexibility index (Phi) is 5.76. The number of phenolic OH excluding ortho intramolecular Hbond substituents is 1. The van der Waals surface area contributed by atoms with Crippen molar-refractivity contribution in [3.63, 3.8) is 0 Å². The summed E-state index contributed by atoms with van der Waals surface area (Å²) in [7, 11) is 6.10. The minimum absolute atomic E-state index is 0.168. The number of hydrogen-bond acceptors (Lipinski definition) is 5. The number of benzene rings is 1. The van der Waals surface area contributed by atoms with Crippen molar-refractivity contribution in [2.24, 2.45) is 11.8 Å². The number of amides is 1. The summed E-state index contributed by atoms with van der Waals surface area (Å²) in [6.45, 7) is 2.40. The summed E-state index contributed by atoms with van der Waals surface area (Å²) >= 11 is 0. The maximum Gasteiger partial charge on any atom is 0.225 e. The molecule has 7 nitrogen and oxygen atoms in total. The number of para-hydroxylation sites is 1. The highest BCUT2D eigenvalue weighted by molar-refractivity contribution is 6.36. The van der Waals surface area contributed by atoms with Gasteiger partial charge in [0.1, 0.15) is 19.4 Å². The minimum atomic E-state index is 0.168. The molecule has 1 aromatic carbocycles. The number of anilines is 1. The van der Waals surface area contributed by atoms with Crippen molar-refractivity contribution in [2.75, 3.05) is 25.0 Å². The van der Waals surface area contributed by atoms with Crippen LogP contribution in [0.25, 0.3) is 16.9 Å². The maximum atomic E-state index is 12.9. The van der Waals surface area contributed by atoms with E-state index in [1.165, 1.54) is 12.8 Å². The number of phenols is 1. The maximum absolute atomic E-state index is 12.9. The lowest BCUT2D eigenvalue weighted by molar-refractivity contribution is -0.137. The Labute approximate surface area is 189 Å². The molecule has 2 radical (unpaired) electrons. The zero-order chi connectivity index (χ0) is 22.1. The van der Waals surface area contributed by atoms with E-state index in [4.69, 9.17) is 7.85 Å². The fourth-order valence-electron chi connectivity index (χ4n) is 5.05. The highest BCUT2D eigenvalue weighted by Gasteiger charge is 2.30. The SMILES string of the molecule is [B]c1cnn2c(NCC3CCCN(C(=O)C4CCCC4)C3)cc(-c3ccccc3O)nc12. The van der Waals surface area contributed by atoms with Crippen LogP contribution in [0.4, 0.5) is 5.82 Å². The summed E-state index contributed by atoms with van der Waals surface area (Å²) in [5.41, 5.74) is 2.31. The van der Waals surface area contributed by atoms with Gasteiger partial charge in [-0.25, -0.2) is 4.98 Å².